The summed E-state index contributed by atoms with van der Waals surface area (Å²) >= 11 is 0. The van der Waals surface area contributed by atoms with Crippen molar-refractivity contribution < 1.29 is 9.50 Å². The van der Waals surface area contributed by atoms with Crippen LogP contribution in [-0.4, -0.2) is 5.11 Å². The molecule has 0 saturated heterocycles. The number of hydrogen-bond acceptors (Lipinski definition) is 1. The maximum atomic E-state index is 13.4. The molecule has 0 atom stereocenters. The highest BCUT2D eigenvalue weighted by atomic mass is 19.1. The first-order valence-corrected chi connectivity index (χ1v) is 4.32. The van der Waals surface area contributed by atoms with E-state index >= 15 is 0 Å². The summed E-state index contributed by atoms with van der Waals surface area (Å²) in [6.07, 6.45) is 0. The van der Waals surface area contributed by atoms with Crippen LogP contribution in [0.1, 0.15) is 30.5 Å². The van der Waals surface area contributed by atoms with E-state index in [-0.39, 0.29) is 5.82 Å². The molecule has 2 heteroatoms. The van der Waals surface area contributed by atoms with Gasteiger partial charge in [0.1, 0.15) is 5.82 Å². The highest BCUT2D eigenvalue weighted by Crippen LogP contribution is 2.27. The van der Waals surface area contributed by atoms with Gasteiger partial charge in [-0.2, -0.15) is 0 Å². The van der Waals surface area contributed by atoms with Crippen LogP contribution in [0.3, 0.4) is 0 Å². The molecule has 1 N–H and O–H groups in total. The average molecular weight is 182 g/mol. The van der Waals surface area contributed by atoms with Crippen LogP contribution in [0, 0.1) is 19.7 Å². The molecule has 1 nitrogen and oxygen atoms in total. The van der Waals surface area contributed by atoms with Crippen molar-refractivity contribution >= 4 is 0 Å². The van der Waals surface area contributed by atoms with Gasteiger partial charge >= 0.3 is 0 Å². The Kier molecular flexibility index (Phi) is 2.44. The van der Waals surface area contributed by atoms with E-state index in [1.54, 1.807) is 13.8 Å². The molecular weight excluding hydrogens is 167 g/mol. The molecule has 1 rings (SSSR count). The third kappa shape index (κ3) is 2.07. The molecule has 0 aromatic heterocycles. The van der Waals surface area contributed by atoms with Gasteiger partial charge < -0.3 is 5.11 Å². The lowest BCUT2D eigenvalue weighted by Crippen LogP contribution is -2.19. The lowest BCUT2D eigenvalue weighted by atomic mass is 9.92. The first-order chi connectivity index (χ1) is 5.82. The van der Waals surface area contributed by atoms with E-state index in [1.807, 2.05) is 19.9 Å². The van der Waals surface area contributed by atoms with Crippen molar-refractivity contribution in [3.8, 4) is 0 Å². The van der Waals surface area contributed by atoms with Gasteiger partial charge in [0.2, 0.25) is 0 Å². The number of aryl methyl sites for hydroxylation is 2. The Morgan fingerprint density at radius 3 is 2.15 bits per heavy atom. The normalized spacial score (nSPS) is 11.8. The second kappa shape index (κ2) is 3.11. The zero-order valence-corrected chi connectivity index (χ0v) is 8.48. The van der Waals surface area contributed by atoms with Gasteiger partial charge in [0, 0.05) is 5.56 Å². The zero-order chi connectivity index (χ0) is 10.2. The van der Waals surface area contributed by atoms with Crippen LogP contribution in [0.15, 0.2) is 12.1 Å². The number of rotatable bonds is 1. The Morgan fingerprint density at radius 1 is 1.23 bits per heavy atom. The van der Waals surface area contributed by atoms with Crippen molar-refractivity contribution in [3.05, 3.63) is 34.6 Å². The first-order valence-electron chi connectivity index (χ1n) is 4.32. The van der Waals surface area contributed by atoms with Crippen LogP contribution in [0.2, 0.25) is 0 Å². The van der Waals surface area contributed by atoms with Gasteiger partial charge in [0.05, 0.1) is 5.60 Å². The molecule has 72 valence electrons. The SMILES string of the molecule is Cc1cc(C)c(C(C)(C)O)c(F)c1. The Hall–Kier alpha value is -0.890. The van der Waals surface area contributed by atoms with Crippen LogP contribution in [0.5, 0.6) is 0 Å². The van der Waals surface area contributed by atoms with Crippen molar-refractivity contribution in [3.63, 3.8) is 0 Å². The molecule has 0 fully saturated rings. The number of halogens is 1. The van der Waals surface area contributed by atoms with E-state index in [0.29, 0.717) is 5.56 Å². The molecule has 0 bridgehead atoms. The summed E-state index contributed by atoms with van der Waals surface area (Å²) in [6.45, 7) is 6.83. The van der Waals surface area contributed by atoms with E-state index in [0.717, 1.165) is 11.1 Å². The maximum Gasteiger partial charge on any atom is 0.129 e. The summed E-state index contributed by atoms with van der Waals surface area (Å²) in [5, 5.41) is 9.70. The van der Waals surface area contributed by atoms with Crippen LogP contribution in [0.4, 0.5) is 4.39 Å². The number of aliphatic hydroxyl groups is 1. The van der Waals surface area contributed by atoms with Crippen molar-refractivity contribution in [2.24, 2.45) is 0 Å². The topological polar surface area (TPSA) is 20.2 Å². The first kappa shape index (κ1) is 10.2. The van der Waals surface area contributed by atoms with Crippen LogP contribution < -0.4 is 0 Å². The van der Waals surface area contributed by atoms with E-state index in [2.05, 4.69) is 0 Å². The highest BCUT2D eigenvalue weighted by Gasteiger charge is 2.22. The van der Waals surface area contributed by atoms with Gasteiger partial charge in [-0.15, -0.1) is 0 Å². The second-order valence-electron chi connectivity index (χ2n) is 4.00. The van der Waals surface area contributed by atoms with Gasteiger partial charge in [0.15, 0.2) is 0 Å². The molecule has 0 amide bonds. The summed E-state index contributed by atoms with van der Waals surface area (Å²) in [7, 11) is 0. The lowest BCUT2D eigenvalue weighted by molar-refractivity contribution is 0.0738. The molecule has 0 aliphatic rings. The smallest absolute Gasteiger partial charge is 0.129 e. The number of hydrogen-bond donors (Lipinski definition) is 1. The molecular formula is C11H15FO. The Labute approximate surface area is 78.2 Å². The molecule has 0 unspecified atom stereocenters. The highest BCUT2D eigenvalue weighted by molar-refractivity contribution is 5.35. The third-order valence-corrected chi connectivity index (χ3v) is 2.04. The second-order valence-corrected chi connectivity index (χ2v) is 4.00. The van der Waals surface area contributed by atoms with Crippen molar-refractivity contribution in [1.29, 1.82) is 0 Å². The fraction of sp³-hybridized carbons (Fsp3) is 0.455. The van der Waals surface area contributed by atoms with Gasteiger partial charge in [-0.1, -0.05) is 6.07 Å². The third-order valence-electron chi connectivity index (χ3n) is 2.04. The quantitative estimate of drug-likeness (QED) is 0.708. The maximum absolute atomic E-state index is 13.4. The predicted octanol–water partition coefficient (Wildman–Crippen LogP) is 2.67. The Bertz CT molecular complexity index is 300. The van der Waals surface area contributed by atoms with Gasteiger partial charge in [-0.05, 0) is 44.9 Å². The Morgan fingerprint density at radius 2 is 1.77 bits per heavy atom. The summed E-state index contributed by atoms with van der Waals surface area (Å²) in [4.78, 5) is 0. The molecule has 13 heavy (non-hydrogen) atoms. The lowest BCUT2D eigenvalue weighted by Gasteiger charge is -2.21. The summed E-state index contributed by atoms with van der Waals surface area (Å²) in [5.41, 5.74) is 0.952. The molecule has 0 radical (unpaired) electrons. The van der Waals surface area contributed by atoms with Crippen molar-refractivity contribution in [1.82, 2.24) is 0 Å². The predicted molar refractivity (Wildman–Crippen MR) is 51.1 cm³/mol. The molecule has 0 aliphatic heterocycles. The summed E-state index contributed by atoms with van der Waals surface area (Å²) < 4.78 is 13.4. The monoisotopic (exact) mass is 182 g/mol. The Balaban J connectivity index is 3.38. The van der Waals surface area contributed by atoms with Gasteiger partial charge in [-0.3, -0.25) is 0 Å². The molecule has 0 aliphatic carbocycles. The molecule has 0 heterocycles. The minimum Gasteiger partial charge on any atom is -0.386 e. The van der Waals surface area contributed by atoms with E-state index in [9.17, 15) is 9.50 Å². The molecule has 1 aromatic rings. The van der Waals surface area contributed by atoms with Gasteiger partial charge in [-0.25, -0.2) is 4.39 Å². The van der Waals surface area contributed by atoms with E-state index in [1.165, 1.54) is 6.07 Å². The summed E-state index contributed by atoms with van der Waals surface area (Å²) in [5.74, 6) is -0.329. The zero-order valence-electron chi connectivity index (χ0n) is 8.48. The number of benzene rings is 1. The fourth-order valence-corrected chi connectivity index (χ4v) is 1.69. The molecule has 0 saturated carbocycles. The standard InChI is InChI=1S/C11H15FO/c1-7-5-8(2)10(9(12)6-7)11(3,4)13/h5-6,13H,1-4H3. The molecule has 1 aromatic carbocycles. The minimum absolute atomic E-state index is 0.329. The van der Waals surface area contributed by atoms with Crippen LogP contribution in [-0.2, 0) is 5.60 Å². The largest absolute Gasteiger partial charge is 0.386 e. The molecule has 0 spiro atoms. The van der Waals surface area contributed by atoms with Crippen molar-refractivity contribution in [2.75, 3.05) is 0 Å². The van der Waals surface area contributed by atoms with E-state index in [4.69, 9.17) is 0 Å². The van der Waals surface area contributed by atoms with Crippen LogP contribution >= 0.6 is 0 Å². The van der Waals surface area contributed by atoms with Gasteiger partial charge in [0.25, 0.3) is 0 Å². The fourth-order valence-electron chi connectivity index (χ4n) is 1.69. The summed E-state index contributed by atoms with van der Waals surface area (Å²) in [6, 6.07) is 3.32. The minimum atomic E-state index is -1.11. The van der Waals surface area contributed by atoms with Crippen LogP contribution in [0.25, 0.3) is 0 Å². The van der Waals surface area contributed by atoms with Crippen molar-refractivity contribution in [2.45, 2.75) is 33.3 Å². The average Bonchev–Trinajstić information content (AvgIpc) is 1.78. The van der Waals surface area contributed by atoms with E-state index < -0.39 is 5.60 Å².